The molecule has 1 aliphatic heterocycles. The Morgan fingerprint density at radius 2 is 1.74 bits per heavy atom. The first-order valence-corrected chi connectivity index (χ1v) is 9.27. The van der Waals surface area contributed by atoms with Gasteiger partial charge in [-0.05, 0) is 30.0 Å². The van der Waals surface area contributed by atoms with Crippen LogP contribution in [0.15, 0.2) is 42.5 Å². The summed E-state index contributed by atoms with van der Waals surface area (Å²) in [4.78, 5) is 14.9. The Balaban J connectivity index is 1.64. The maximum atomic E-state index is 10.7. The molecule has 0 radical (unpaired) electrons. The van der Waals surface area contributed by atoms with Gasteiger partial charge in [0, 0.05) is 44.9 Å². The molecule has 0 aromatic heterocycles. The van der Waals surface area contributed by atoms with E-state index in [1.54, 1.807) is 24.3 Å². The predicted octanol–water partition coefficient (Wildman–Crippen LogP) is 2.08. The highest BCUT2D eigenvalue weighted by Crippen LogP contribution is 2.28. The first-order valence-electron chi connectivity index (χ1n) is 9.27. The fourth-order valence-electron chi connectivity index (χ4n) is 3.51. The van der Waals surface area contributed by atoms with Crippen molar-refractivity contribution in [3.05, 3.63) is 63.7 Å². The minimum atomic E-state index is -0.383. The van der Waals surface area contributed by atoms with Gasteiger partial charge in [-0.25, -0.2) is 0 Å². The highest BCUT2D eigenvalue weighted by molar-refractivity contribution is 5.71. The van der Waals surface area contributed by atoms with Gasteiger partial charge in [0.25, 0.3) is 5.69 Å². The Morgan fingerprint density at radius 3 is 2.37 bits per heavy atom. The summed E-state index contributed by atoms with van der Waals surface area (Å²) in [5, 5.41) is 19.8. The minimum Gasteiger partial charge on any atom is -0.397 e. The fraction of sp³-hybridized carbons (Fsp3) is 0.400. The SMILES string of the molecule is Nc1c(CCc2ccc([N+](=O)[O-])cc2)cccc1N1CCN(CCO)CC1. The smallest absolute Gasteiger partial charge is 0.269 e. The number of aliphatic hydroxyl groups excluding tert-OH is 1. The summed E-state index contributed by atoms with van der Waals surface area (Å²) >= 11 is 0. The molecule has 2 aromatic carbocycles. The maximum absolute atomic E-state index is 10.7. The van der Waals surface area contributed by atoms with E-state index in [1.807, 2.05) is 12.1 Å². The molecule has 3 rings (SSSR count). The summed E-state index contributed by atoms with van der Waals surface area (Å²) in [6.45, 7) is 4.56. The van der Waals surface area contributed by atoms with Crippen LogP contribution in [0.4, 0.5) is 17.1 Å². The third-order valence-corrected chi connectivity index (χ3v) is 5.13. The first-order chi connectivity index (χ1) is 13.1. The quantitative estimate of drug-likeness (QED) is 0.440. The van der Waals surface area contributed by atoms with Crippen molar-refractivity contribution in [2.75, 3.05) is 50.0 Å². The summed E-state index contributed by atoms with van der Waals surface area (Å²) < 4.78 is 0. The lowest BCUT2D eigenvalue weighted by atomic mass is 10.0. The van der Waals surface area contributed by atoms with E-state index in [0.29, 0.717) is 0 Å². The van der Waals surface area contributed by atoms with Gasteiger partial charge in [-0.1, -0.05) is 24.3 Å². The number of hydrogen-bond acceptors (Lipinski definition) is 6. The third kappa shape index (κ3) is 4.75. The van der Waals surface area contributed by atoms with Crippen LogP contribution in [0, 0.1) is 10.1 Å². The molecule has 0 unspecified atom stereocenters. The van der Waals surface area contributed by atoms with Crippen LogP contribution in [0.3, 0.4) is 0 Å². The number of anilines is 2. The molecule has 0 saturated carbocycles. The second-order valence-corrected chi connectivity index (χ2v) is 6.83. The zero-order chi connectivity index (χ0) is 19.2. The van der Waals surface area contributed by atoms with Gasteiger partial charge in [0.2, 0.25) is 0 Å². The number of rotatable bonds is 7. The van der Waals surface area contributed by atoms with E-state index in [-0.39, 0.29) is 17.2 Å². The number of aryl methyl sites for hydroxylation is 2. The molecule has 0 spiro atoms. The maximum Gasteiger partial charge on any atom is 0.269 e. The number of hydrogen-bond donors (Lipinski definition) is 2. The molecule has 1 aliphatic rings. The van der Waals surface area contributed by atoms with Crippen LogP contribution < -0.4 is 10.6 Å². The number of non-ortho nitro benzene ring substituents is 1. The number of piperazine rings is 1. The van der Waals surface area contributed by atoms with Crippen LogP contribution in [0.2, 0.25) is 0 Å². The van der Waals surface area contributed by atoms with E-state index in [9.17, 15) is 10.1 Å². The standard InChI is InChI=1S/C20H26N4O3/c21-20-17(7-4-16-5-8-18(9-6-16)24(26)27)2-1-3-19(20)23-12-10-22(11-13-23)14-15-25/h1-3,5-6,8-9,25H,4,7,10-15,21H2. The van der Waals surface area contributed by atoms with Crippen LogP contribution in [0.1, 0.15) is 11.1 Å². The Labute approximate surface area is 159 Å². The number of nitrogen functional groups attached to an aromatic ring is 1. The van der Waals surface area contributed by atoms with Crippen molar-refractivity contribution in [1.29, 1.82) is 0 Å². The van der Waals surface area contributed by atoms with E-state index in [4.69, 9.17) is 10.8 Å². The van der Waals surface area contributed by atoms with Crippen LogP contribution >= 0.6 is 0 Å². The van der Waals surface area contributed by atoms with Crippen LogP contribution in [-0.4, -0.2) is 54.3 Å². The molecule has 1 heterocycles. The molecule has 3 N–H and O–H groups in total. The van der Waals surface area contributed by atoms with Gasteiger partial charge >= 0.3 is 0 Å². The van der Waals surface area contributed by atoms with Crippen LogP contribution in [-0.2, 0) is 12.8 Å². The zero-order valence-electron chi connectivity index (χ0n) is 15.4. The van der Waals surface area contributed by atoms with Gasteiger partial charge in [0.05, 0.1) is 22.9 Å². The number of β-amino-alcohol motifs (C(OH)–C–C–N with tert-alkyl or cyclic N) is 1. The average molecular weight is 370 g/mol. The number of benzene rings is 2. The molecule has 1 fully saturated rings. The van der Waals surface area contributed by atoms with Gasteiger partial charge in [-0.2, -0.15) is 0 Å². The molecule has 7 heteroatoms. The van der Waals surface area contributed by atoms with Crippen LogP contribution in [0.25, 0.3) is 0 Å². The van der Waals surface area contributed by atoms with Crippen molar-refractivity contribution in [1.82, 2.24) is 4.90 Å². The summed E-state index contributed by atoms with van der Waals surface area (Å²) in [6, 6.07) is 12.8. The number of aliphatic hydroxyl groups is 1. The Hall–Kier alpha value is -2.64. The van der Waals surface area contributed by atoms with Crippen LogP contribution in [0.5, 0.6) is 0 Å². The highest BCUT2D eigenvalue weighted by atomic mass is 16.6. The van der Waals surface area contributed by atoms with E-state index in [0.717, 1.165) is 68.1 Å². The number of nitrogens with zero attached hydrogens (tertiary/aromatic N) is 3. The number of para-hydroxylation sites is 1. The summed E-state index contributed by atoms with van der Waals surface area (Å²) in [5.41, 5.74) is 10.6. The molecule has 144 valence electrons. The predicted molar refractivity (Wildman–Crippen MR) is 107 cm³/mol. The van der Waals surface area contributed by atoms with Crippen molar-refractivity contribution >= 4 is 17.1 Å². The van der Waals surface area contributed by atoms with Gasteiger partial charge < -0.3 is 15.7 Å². The molecular weight excluding hydrogens is 344 g/mol. The van der Waals surface area contributed by atoms with E-state index < -0.39 is 0 Å². The highest BCUT2D eigenvalue weighted by Gasteiger charge is 2.19. The number of nitro benzene ring substituents is 1. The lowest BCUT2D eigenvalue weighted by Gasteiger charge is -2.36. The minimum absolute atomic E-state index is 0.112. The van der Waals surface area contributed by atoms with E-state index in [1.165, 1.54) is 0 Å². The monoisotopic (exact) mass is 370 g/mol. The van der Waals surface area contributed by atoms with Crippen molar-refractivity contribution in [2.24, 2.45) is 0 Å². The summed E-state index contributed by atoms with van der Waals surface area (Å²) in [7, 11) is 0. The summed E-state index contributed by atoms with van der Waals surface area (Å²) in [5.74, 6) is 0. The lowest BCUT2D eigenvalue weighted by molar-refractivity contribution is -0.384. The fourth-order valence-corrected chi connectivity index (χ4v) is 3.51. The average Bonchev–Trinajstić information content (AvgIpc) is 2.68. The van der Waals surface area contributed by atoms with Gasteiger partial charge in [-0.15, -0.1) is 0 Å². The normalized spacial score (nSPS) is 15.1. The number of nitro groups is 1. The Kier molecular flexibility index (Phi) is 6.26. The molecule has 0 bridgehead atoms. The second-order valence-electron chi connectivity index (χ2n) is 6.83. The topological polar surface area (TPSA) is 95.9 Å². The molecule has 27 heavy (non-hydrogen) atoms. The third-order valence-electron chi connectivity index (χ3n) is 5.13. The Morgan fingerprint density at radius 1 is 1.04 bits per heavy atom. The van der Waals surface area contributed by atoms with E-state index in [2.05, 4.69) is 15.9 Å². The molecule has 7 nitrogen and oxygen atoms in total. The van der Waals surface area contributed by atoms with Crippen molar-refractivity contribution in [2.45, 2.75) is 12.8 Å². The molecule has 0 atom stereocenters. The van der Waals surface area contributed by atoms with E-state index >= 15 is 0 Å². The largest absolute Gasteiger partial charge is 0.397 e. The zero-order valence-corrected chi connectivity index (χ0v) is 15.4. The van der Waals surface area contributed by atoms with Gasteiger partial charge in [0.1, 0.15) is 0 Å². The molecule has 1 saturated heterocycles. The summed E-state index contributed by atoms with van der Waals surface area (Å²) in [6.07, 6.45) is 1.58. The van der Waals surface area contributed by atoms with Crippen molar-refractivity contribution in [3.8, 4) is 0 Å². The van der Waals surface area contributed by atoms with Crippen molar-refractivity contribution < 1.29 is 10.0 Å². The lowest BCUT2D eigenvalue weighted by Crippen LogP contribution is -2.47. The van der Waals surface area contributed by atoms with Gasteiger partial charge in [0.15, 0.2) is 0 Å². The molecule has 2 aromatic rings. The second kappa shape index (κ2) is 8.83. The molecular formula is C20H26N4O3. The molecule has 0 amide bonds. The first kappa shape index (κ1) is 19.1. The molecule has 0 aliphatic carbocycles. The van der Waals surface area contributed by atoms with Gasteiger partial charge in [-0.3, -0.25) is 15.0 Å². The van der Waals surface area contributed by atoms with Crippen molar-refractivity contribution in [3.63, 3.8) is 0 Å². The number of nitrogens with two attached hydrogens (primary N) is 1. The Bertz CT molecular complexity index is 771.